The average molecular weight is 368 g/mol. The standard InChI is InChI=1S/C21H22ClN3O/c22-15-9-14(12-23)18-11-20(25-8-4-5-16(24)13-25)21(19(18)10-15)26-17-6-2-1-3-7-17/h1-3,6-7,9-10,16,20-21H,4-5,8,11,13,24H2/t16-,20+,21+/m1/s1. The zero-order chi connectivity index (χ0) is 18.1. The van der Waals surface area contributed by atoms with Crippen molar-refractivity contribution in [2.45, 2.75) is 37.5 Å². The van der Waals surface area contributed by atoms with Crippen molar-refractivity contribution in [3.8, 4) is 11.8 Å². The van der Waals surface area contributed by atoms with Crippen LogP contribution < -0.4 is 10.5 Å². The van der Waals surface area contributed by atoms with Crippen molar-refractivity contribution in [3.05, 3.63) is 64.2 Å². The van der Waals surface area contributed by atoms with Gasteiger partial charge in [0.2, 0.25) is 0 Å². The third-order valence-electron chi connectivity index (χ3n) is 5.40. The minimum atomic E-state index is -0.150. The minimum Gasteiger partial charge on any atom is -0.484 e. The molecule has 0 amide bonds. The van der Waals surface area contributed by atoms with Crippen molar-refractivity contribution >= 4 is 11.6 Å². The number of rotatable bonds is 3. The Hall–Kier alpha value is -2.06. The molecule has 3 atom stereocenters. The molecule has 1 aliphatic heterocycles. The van der Waals surface area contributed by atoms with Gasteiger partial charge in [-0.15, -0.1) is 0 Å². The van der Waals surface area contributed by atoms with Crippen LogP contribution in [0.4, 0.5) is 0 Å². The van der Waals surface area contributed by atoms with Gasteiger partial charge in [0.25, 0.3) is 0 Å². The number of hydrogen-bond acceptors (Lipinski definition) is 4. The molecule has 0 bridgehead atoms. The summed E-state index contributed by atoms with van der Waals surface area (Å²) in [6.07, 6.45) is 2.80. The van der Waals surface area contributed by atoms with Crippen LogP contribution in [0.1, 0.15) is 35.6 Å². The van der Waals surface area contributed by atoms with E-state index < -0.39 is 0 Å². The maximum Gasteiger partial charge on any atom is 0.140 e. The molecule has 2 aromatic rings. The lowest BCUT2D eigenvalue weighted by Crippen LogP contribution is -2.49. The van der Waals surface area contributed by atoms with Gasteiger partial charge in [-0.25, -0.2) is 0 Å². The number of nitrogens with zero attached hydrogens (tertiary/aromatic N) is 2. The lowest BCUT2D eigenvalue weighted by Gasteiger charge is -2.38. The van der Waals surface area contributed by atoms with E-state index in [2.05, 4.69) is 11.0 Å². The molecule has 134 valence electrons. The quantitative estimate of drug-likeness (QED) is 0.898. The van der Waals surface area contributed by atoms with E-state index in [1.807, 2.05) is 36.4 Å². The van der Waals surface area contributed by atoms with Gasteiger partial charge in [0.15, 0.2) is 0 Å². The SMILES string of the molecule is N#Cc1cc(Cl)cc2c1C[C@H](N1CCC[C@@H](N)C1)[C@H]2Oc1ccccc1. The highest BCUT2D eigenvalue weighted by Crippen LogP contribution is 2.41. The van der Waals surface area contributed by atoms with Crippen LogP contribution in [0.3, 0.4) is 0 Å². The summed E-state index contributed by atoms with van der Waals surface area (Å²) >= 11 is 6.29. The highest BCUT2D eigenvalue weighted by molar-refractivity contribution is 6.30. The summed E-state index contributed by atoms with van der Waals surface area (Å²) < 4.78 is 6.41. The molecular weight excluding hydrogens is 346 g/mol. The van der Waals surface area contributed by atoms with Gasteiger partial charge in [0.05, 0.1) is 17.7 Å². The monoisotopic (exact) mass is 367 g/mol. The summed E-state index contributed by atoms with van der Waals surface area (Å²) in [4.78, 5) is 2.43. The van der Waals surface area contributed by atoms with Crippen LogP contribution in [0.25, 0.3) is 0 Å². The zero-order valence-electron chi connectivity index (χ0n) is 14.6. The summed E-state index contributed by atoms with van der Waals surface area (Å²) in [7, 11) is 0. The molecule has 1 saturated heterocycles. The molecule has 0 aromatic heterocycles. The molecule has 4 rings (SSSR count). The van der Waals surface area contributed by atoms with Gasteiger partial charge < -0.3 is 10.5 Å². The third kappa shape index (κ3) is 3.31. The Morgan fingerprint density at radius 2 is 2.04 bits per heavy atom. The normalized spacial score (nSPS) is 25.5. The molecule has 1 fully saturated rings. The van der Waals surface area contributed by atoms with Crippen LogP contribution in [0.5, 0.6) is 5.75 Å². The highest BCUT2D eigenvalue weighted by atomic mass is 35.5. The number of benzene rings is 2. The number of ether oxygens (including phenoxy) is 1. The predicted molar refractivity (Wildman–Crippen MR) is 102 cm³/mol. The van der Waals surface area contributed by atoms with Gasteiger partial charge in [-0.2, -0.15) is 5.26 Å². The van der Waals surface area contributed by atoms with E-state index >= 15 is 0 Å². The predicted octanol–water partition coefficient (Wildman–Crippen LogP) is 3.68. The zero-order valence-corrected chi connectivity index (χ0v) is 15.3. The smallest absolute Gasteiger partial charge is 0.140 e. The van der Waals surface area contributed by atoms with E-state index in [1.54, 1.807) is 6.07 Å². The molecule has 5 heteroatoms. The Morgan fingerprint density at radius 3 is 2.77 bits per heavy atom. The fourth-order valence-corrected chi connectivity index (χ4v) is 4.44. The maximum absolute atomic E-state index is 9.56. The van der Waals surface area contributed by atoms with Gasteiger partial charge in [0.1, 0.15) is 11.9 Å². The van der Waals surface area contributed by atoms with Crippen molar-refractivity contribution < 1.29 is 4.74 Å². The van der Waals surface area contributed by atoms with Crippen LogP contribution in [-0.2, 0) is 6.42 Å². The van der Waals surface area contributed by atoms with E-state index in [9.17, 15) is 5.26 Å². The maximum atomic E-state index is 9.56. The molecule has 0 radical (unpaired) electrons. The number of halogens is 1. The largest absolute Gasteiger partial charge is 0.484 e. The molecule has 0 saturated carbocycles. The number of likely N-dealkylation sites (tertiary alicyclic amines) is 1. The molecule has 0 spiro atoms. The second-order valence-corrected chi connectivity index (χ2v) is 7.59. The van der Waals surface area contributed by atoms with Gasteiger partial charge >= 0.3 is 0 Å². The summed E-state index contributed by atoms with van der Waals surface area (Å²) in [5, 5.41) is 10.1. The molecular formula is C21H22ClN3O. The Labute approximate surface area is 159 Å². The first-order valence-corrected chi connectivity index (χ1v) is 9.47. The molecule has 1 heterocycles. The average Bonchev–Trinajstić information content (AvgIpc) is 3.00. The number of hydrogen-bond donors (Lipinski definition) is 1. The summed E-state index contributed by atoms with van der Waals surface area (Å²) in [6, 6.07) is 16.2. The van der Waals surface area contributed by atoms with E-state index in [1.165, 1.54) is 0 Å². The third-order valence-corrected chi connectivity index (χ3v) is 5.62. The number of para-hydroxylation sites is 1. The first-order valence-electron chi connectivity index (χ1n) is 9.09. The lowest BCUT2D eigenvalue weighted by molar-refractivity contribution is 0.0593. The Morgan fingerprint density at radius 1 is 1.23 bits per heavy atom. The molecule has 2 aliphatic rings. The van der Waals surface area contributed by atoms with Gasteiger partial charge in [-0.1, -0.05) is 29.8 Å². The fraction of sp³-hybridized carbons (Fsp3) is 0.381. The minimum absolute atomic E-state index is 0.150. The topological polar surface area (TPSA) is 62.3 Å². The number of nitriles is 1. The van der Waals surface area contributed by atoms with Gasteiger partial charge in [-0.05, 0) is 61.2 Å². The second-order valence-electron chi connectivity index (χ2n) is 7.15. The van der Waals surface area contributed by atoms with Crippen molar-refractivity contribution in [2.75, 3.05) is 13.1 Å². The van der Waals surface area contributed by atoms with Crippen molar-refractivity contribution in [2.24, 2.45) is 5.73 Å². The van der Waals surface area contributed by atoms with Crippen LogP contribution in [0.15, 0.2) is 42.5 Å². The van der Waals surface area contributed by atoms with Crippen LogP contribution >= 0.6 is 11.6 Å². The fourth-order valence-electron chi connectivity index (χ4n) is 4.21. The second kappa shape index (κ2) is 7.28. The number of fused-ring (bicyclic) bond motifs is 1. The molecule has 0 unspecified atom stereocenters. The highest BCUT2D eigenvalue weighted by Gasteiger charge is 2.40. The molecule has 1 aliphatic carbocycles. The summed E-state index contributed by atoms with van der Waals surface area (Å²) in [5.41, 5.74) is 8.96. The Kier molecular flexibility index (Phi) is 4.86. The van der Waals surface area contributed by atoms with Crippen molar-refractivity contribution in [1.29, 1.82) is 5.26 Å². The van der Waals surface area contributed by atoms with E-state index in [0.717, 1.165) is 49.2 Å². The van der Waals surface area contributed by atoms with Crippen LogP contribution in [0, 0.1) is 11.3 Å². The van der Waals surface area contributed by atoms with Crippen LogP contribution in [0.2, 0.25) is 5.02 Å². The van der Waals surface area contributed by atoms with Crippen molar-refractivity contribution in [1.82, 2.24) is 4.90 Å². The Bertz CT molecular complexity index is 833. The van der Waals surface area contributed by atoms with Crippen LogP contribution in [-0.4, -0.2) is 30.1 Å². The first kappa shape index (κ1) is 17.4. The molecule has 4 nitrogen and oxygen atoms in total. The molecule has 26 heavy (non-hydrogen) atoms. The lowest BCUT2D eigenvalue weighted by atomic mass is 10.0. The van der Waals surface area contributed by atoms with E-state index in [4.69, 9.17) is 22.1 Å². The molecule has 2 aromatic carbocycles. The van der Waals surface area contributed by atoms with E-state index in [-0.39, 0.29) is 18.2 Å². The van der Waals surface area contributed by atoms with Gasteiger partial charge in [-0.3, -0.25) is 4.90 Å². The number of piperidine rings is 1. The first-order chi connectivity index (χ1) is 12.7. The summed E-state index contributed by atoms with van der Waals surface area (Å²) in [6.45, 7) is 1.87. The number of nitrogens with two attached hydrogens (primary N) is 1. The Balaban J connectivity index is 1.72. The molecule has 2 N–H and O–H groups in total. The van der Waals surface area contributed by atoms with Gasteiger partial charge in [0, 0.05) is 17.6 Å². The summed E-state index contributed by atoms with van der Waals surface area (Å²) in [5.74, 6) is 0.829. The van der Waals surface area contributed by atoms with Crippen molar-refractivity contribution in [3.63, 3.8) is 0 Å². The van der Waals surface area contributed by atoms with E-state index in [0.29, 0.717) is 10.6 Å².